The Morgan fingerprint density at radius 3 is 2.76 bits per heavy atom. The van der Waals surface area contributed by atoms with Gasteiger partial charge in [0.1, 0.15) is 5.69 Å². The molecule has 0 bridgehead atoms. The molecule has 0 radical (unpaired) electrons. The molecule has 21 heavy (non-hydrogen) atoms. The van der Waals surface area contributed by atoms with Crippen molar-refractivity contribution in [3.63, 3.8) is 0 Å². The monoisotopic (exact) mass is 280 g/mol. The van der Waals surface area contributed by atoms with Gasteiger partial charge in [0.15, 0.2) is 0 Å². The summed E-state index contributed by atoms with van der Waals surface area (Å²) in [5, 5.41) is 11.6. The maximum absolute atomic E-state index is 12.2. The minimum atomic E-state index is -0.259. The Labute approximate surface area is 122 Å². The number of carbonyl (C=O) groups is 1. The molecule has 4 N–H and O–H groups in total. The van der Waals surface area contributed by atoms with Gasteiger partial charge in [-0.05, 0) is 23.3 Å². The predicted octanol–water partition coefficient (Wildman–Crippen LogP) is 2.64. The summed E-state index contributed by atoms with van der Waals surface area (Å²) in [6.45, 7) is 1.95. The molecule has 1 amide bonds. The number of carbonyl (C=O) groups excluding carboxylic acids is 1. The second-order valence-corrected chi connectivity index (χ2v) is 4.96. The quantitative estimate of drug-likeness (QED) is 0.689. The SMILES string of the molecule is CC(NC(=O)c1[nH]ncc1N)c1cccc2ccccc12. The summed E-state index contributed by atoms with van der Waals surface area (Å²) in [5.74, 6) is -0.259. The van der Waals surface area contributed by atoms with E-state index in [-0.39, 0.29) is 11.9 Å². The fourth-order valence-corrected chi connectivity index (χ4v) is 2.45. The van der Waals surface area contributed by atoms with Crippen LogP contribution in [-0.4, -0.2) is 16.1 Å². The highest BCUT2D eigenvalue weighted by Crippen LogP contribution is 2.24. The fourth-order valence-electron chi connectivity index (χ4n) is 2.45. The number of hydrogen-bond acceptors (Lipinski definition) is 3. The second kappa shape index (κ2) is 5.28. The molecule has 2 aromatic carbocycles. The molecule has 0 fully saturated rings. The van der Waals surface area contributed by atoms with E-state index in [0.29, 0.717) is 11.4 Å². The zero-order valence-corrected chi connectivity index (χ0v) is 11.6. The minimum absolute atomic E-state index is 0.133. The first-order valence-electron chi connectivity index (χ1n) is 6.74. The van der Waals surface area contributed by atoms with Gasteiger partial charge in [-0.3, -0.25) is 9.89 Å². The fraction of sp³-hybridized carbons (Fsp3) is 0.125. The molecular weight excluding hydrogens is 264 g/mol. The maximum atomic E-state index is 12.2. The van der Waals surface area contributed by atoms with Crippen LogP contribution in [-0.2, 0) is 0 Å². The van der Waals surface area contributed by atoms with E-state index in [1.807, 2.05) is 31.2 Å². The van der Waals surface area contributed by atoms with E-state index in [2.05, 4.69) is 33.7 Å². The predicted molar refractivity (Wildman–Crippen MR) is 82.8 cm³/mol. The average Bonchev–Trinajstić information content (AvgIpc) is 2.92. The van der Waals surface area contributed by atoms with Crippen LogP contribution in [0.4, 0.5) is 5.69 Å². The van der Waals surface area contributed by atoms with Gasteiger partial charge in [-0.1, -0.05) is 42.5 Å². The van der Waals surface area contributed by atoms with Gasteiger partial charge in [0.05, 0.1) is 17.9 Å². The molecule has 5 nitrogen and oxygen atoms in total. The Kier molecular flexibility index (Phi) is 3.31. The lowest BCUT2D eigenvalue weighted by molar-refractivity contribution is 0.0936. The summed E-state index contributed by atoms with van der Waals surface area (Å²) in [6, 6.07) is 14.0. The number of aromatic amines is 1. The first kappa shape index (κ1) is 13.2. The first-order valence-corrected chi connectivity index (χ1v) is 6.74. The molecule has 0 saturated heterocycles. The third-order valence-electron chi connectivity index (χ3n) is 3.53. The van der Waals surface area contributed by atoms with Crippen molar-refractivity contribution < 1.29 is 4.79 Å². The smallest absolute Gasteiger partial charge is 0.271 e. The lowest BCUT2D eigenvalue weighted by Gasteiger charge is -2.16. The zero-order valence-electron chi connectivity index (χ0n) is 11.6. The lowest BCUT2D eigenvalue weighted by atomic mass is 9.99. The molecule has 1 atom stereocenters. The Bertz CT molecular complexity index is 788. The molecule has 1 aromatic heterocycles. The van der Waals surface area contributed by atoms with Crippen LogP contribution in [0.3, 0.4) is 0 Å². The normalized spacial score (nSPS) is 12.2. The summed E-state index contributed by atoms with van der Waals surface area (Å²) in [7, 11) is 0. The van der Waals surface area contributed by atoms with Crippen molar-refractivity contribution in [2.24, 2.45) is 0 Å². The van der Waals surface area contributed by atoms with Crippen molar-refractivity contribution >= 4 is 22.4 Å². The molecule has 3 rings (SSSR count). The van der Waals surface area contributed by atoms with Crippen molar-refractivity contribution in [2.75, 3.05) is 5.73 Å². The number of rotatable bonds is 3. The Balaban J connectivity index is 1.89. The van der Waals surface area contributed by atoms with Gasteiger partial charge in [0, 0.05) is 0 Å². The minimum Gasteiger partial charge on any atom is -0.396 e. The van der Waals surface area contributed by atoms with Gasteiger partial charge in [-0.2, -0.15) is 5.10 Å². The molecule has 0 spiro atoms. The van der Waals surface area contributed by atoms with E-state index in [1.165, 1.54) is 6.20 Å². The number of fused-ring (bicyclic) bond motifs is 1. The van der Waals surface area contributed by atoms with Crippen molar-refractivity contribution in [1.82, 2.24) is 15.5 Å². The lowest BCUT2D eigenvalue weighted by Crippen LogP contribution is -2.27. The summed E-state index contributed by atoms with van der Waals surface area (Å²) < 4.78 is 0. The van der Waals surface area contributed by atoms with Crippen molar-refractivity contribution in [3.05, 3.63) is 59.9 Å². The van der Waals surface area contributed by atoms with Crippen LogP contribution in [0.15, 0.2) is 48.7 Å². The molecule has 1 unspecified atom stereocenters. The topological polar surface area (TPSA) is 83.8 Å². The Morgan fingerprint density at radius 2 is 2.00 bits per heavy atom. The number of nitrogens with one attached hydrogen (secondary N) is 2. The summed E-state index contributed by atoms with van der Waals surface area (Å²) in [4.78, 5) is 12.2. The van der Waals surface area contributed by atoms with Crippen molar-refractivity contribution in [2.45, 2.75) is 13.0 Å². The van der Waals surface area contributed by atoms with E-state index in [4.69, 9.17) is 5.73 Å². The van der Waals surface area contributed by atoms with E-state index in [0.717, 1.165) is 16.3 Å². The highest BCUT2D eigenvalue weighted by atomic mass is 16.2. The van der Waals surface area contributed by atoms with Crippen LogP contribution in [0.1, 0.15) is 29.0 Å². The largest absolute Gasteiger partial charge is 0.396 e. The van der Waals surface area contributed by atoms with Crippen LogP contribution >= 0.6 is 0 Å². The number of amides is 1. The zero-order chi connectivity index (χ0) is 14.8. The van der Waals surface area contributed by atoms with Crippen LogP contribution in [0.25, 0.3) is 10.8 Å². The highest BCUT2D eigenvalue weighted by molar-refractivity contribution is 5.97. The Morgan fingerprint density at radius 1 is 1.24 bits per heavy atom. The summed E-state index contributed by atoms with van der Waals surface area (Å²) in [6.07, 6.45) is 1.43. The number of nitrogens with zero attached hydrogens (tertiary/aromatic N) is 1. The maximum Gasteiger partial charge on any atom is 0.271 e. The molecule has 1 heterocycles. The number of nitrogens with two attached hydrogens (primary N) is 1. The second-order valence-electron chi connectivity index (χ2n) is 4.96. The molecule has 5 heteroatoms. The number of anilines is 1. The number of benzene rings is 2. The third kappa shape index (κ3) is 2.45. The van der Waals surface area contributed by atoms with Gasteiger partial charge >= 0.3 is 0 Å². The van der Waals surface area contributed by atoms with Crippen molar-refractivity contribution in [3.8, 4) is 0 Å². The molecular formula is C16H16N4O. The number of H-pyrrole nitrogens is 1. The molecule has 3 aromatic rings. The Hall–Kier alpha value is -2.82. The van der Waals surface area contributed by atoms with Crippen molar-refractivity contribution in [1.29, 1.82) is 0 Å². The highest BCUT2D eigenvalue weighted by Gasteiger charge is 2.16. The standard InChI is InChI=1S/C16H16N4O/c1-10(19-16(21)15-14(17)9-18-20-15)12-8-4-6-11-5-2-3-7-13(11)12/h2-10H,17H2,1H3,(H,18,20)(H,19,21). The molecule has 106 valence electrons. The van der Waals surface area contributed by atoms with Crippen LogP contribution in [0.2, 0.25) is 0 Å². The van der Waals surface area contributed by atoms with E-state index >= 15 is 0 Å². The van der Waals surface area contributed by atoms with E-state index < -0.39 is 0 Å². The molecule has 0 aliphatic carbocycles. The summed E-state index contributed by atoms with van der Waals surface area (Å²) >= 11 is 0. The van der Waals surface area contributed by atoms with Gasteiger partial charge in [0.2, 0.25) is 0 Å². The van der Waals surface area contributed by atoms with Gasteiger partial charge in [-0.15, -0.1) is 0 Å². The van der Waals surface area contributed by atoms with Crippen LogP contribution in [0.5, 0.6) is 0 Å². The number of nitrogen functional groups attached to an aromatic ring is 1. The van der Waals surface area contributed by atoms with Crippen LogP contribution < -0.4 is 11.1 Å². The van der Waals surface area contributed by atoms with Gasteiger partial charge < -0.3 is 11.1 Å². The molecule has 0 aliphatic heterocycles. The van der Waals surface area contributed by atoms with Gasteiger partial charge in [0.25, 0.3) is 5.91 Å². The van der Waals surface area contributed by atoms with E-state index in [9.17, 15) is 4.79 Å². The summed E-state index contributed by atoms with van der Waals surface area (Å²) in [5.41, 5.74) is 7.40. The molecule has 0 saturated carbocycles. The molecule has 0 aliphatic rings. The first-order chi connectivity index (χ1) is 10.2. The average molecular weight is 280 g/mol. The van der Waals surface area contributed by atoms with Crippen LogP contribution in [0, 0.1) is 0 Å². The van der Waals surface area contributed by atoms with E-state index in [1.54, 1.807) is 0 Å². The third-order valence-corrected chi connectivity index (χ3v) is 3.53. The number of aromatic nitrogens is 2. The number of hydrogen-bond donors (Lipinski definition) is 3. The van der Waals surface area contributed by atoms with Gasteiger partial charge in [-0.25, -0.2) is 0 Å².